The highest BCUT2D eigenvalue weighted by Gasteiger charge is 2.34. The lowest BCUT2D eigenvalue weighted by molar-refractivity contribution is -0.143. The molecule has 0 aromatic heterocycles. The van der Waals surface area contributed by atoms with Crippen LogP contribution in [-0.4, -0.2) is 35.6 Å². The second-order valence-corrected chi connectivity index (χ2v) is 3.92. The summed E-state index contributed by atoms with van der Waals surface area (Å²) in [6, 6.07) is 0.275. The highest BCUT2D eigenvalue weighted by atomic mass is 16.4. The average Bonchev–Trinajstić information content (AvgIpc) is 2.52. The fraction of sp³-hybridized carbons (Fsp3) is 0.900. The van der Waals surface area contributed by atoms with E-state index < -0.39 is 5.97 Å². The molecule has 2 unspecified atom stereocenters. The molecule has 0 heterocycles. The van der Waals surface area contributed by atoms with Gasteiger partial charge in [0.25, 0.3) is 0 Å². The van der Waals surface area contributed by atoms with Crippen LogP contribution in [0.3, 0.4) is 0 Å². The van der Waals surface area contributed by atoms with Crippen LogP contribution in [-0.2, 0) is 4.79 Å². The number of carboxylic acids is 1. The van der Waals surface area contributed by atoms with E-state index >= 15 is 0 Å². The Hall–Kier alpha value is -0.570. The Morgan fingerprint density at radius 3 is 2.77 bits per heavy atom. The van der Waals surface area contributed by atoms with E-state index in [1.165, 1.54) is 0 Å². The van der Waals surface area contributed by atoms with Gasteiger partial charge in [0.05, 0.1) is 5.92 Å². The predicted octanol–water partition coefficient (Wildman–Crippen LogP) is 1.58. The summed E-state index contributed by atoms with van der Waals surface area (Å²) < 4.78 is 0. The van der Waals surface area contributed by atoms with Gasteiger partial charge in [-0.25, -0.2) is 0 Å². The summed E-state index contributed by atoms with van der Waals surface area (Å²) in [5, 5.41) is 8.97. The molecule has 1 saturated carbocycles. The van der Waals surface area contributed by atoms with Gasteiger partial charge in [0.2, 0.25) is 0 Å². The molecule has 0 aliphatic heterocycles. The molecule has 2 atom stereocenters. The molecule has 13 heavy (non-hydrogen) atoms. The maximum absolute atomic E-state index is 10.9. The molecule has 3 nitrogen and oxygen atoms in total. The summed E-state index contributed by atoms with van der Waals surface area (Å²) >= 11 is 0. The minimum absolute atomic E-state index is 0.128. The van der Waals surface area contributed by atoms with Crippen molar-refractivity contribution in [3.63, 3.8) is 0 Å². The van der Waals surface area contributed by atoms with Crippen LogP contribution in [0.2, 0.25) is 0 Å². The van der Waals surface area contributed by atoms with Crippen LogP contribution in [0.4, 0.5) is 0 Å². The zero-order valence-corrected chi connectivity index (χ0v) is 8.49. The van der Waals surface area contributed by atoms with Gasteiger partial charge in [0, 0.05) is 6.04 Å². The third kappa shape index (κ3) is 2.44. The fourth-order valence-electron chi connectivity index (χ4n) is 2.27. The summed E-state index contributed by atoms with van der Waals surface area (Å²) in [6.45, 7) is 3.13. The summed E-state index contributed by atoms with van der Waals surface area (Å²) in [6.07, 6.45) is 4.07. The topological polar surface area (TPSA) is 40.5 Å². The largest absolute Gasteiger partial charge is 0.481 e. The third-order valence-corrected chi connectivity index (χ3v) is 2.94. The van der Waals surface area contributed by atoms with Crippen molar-refractivity contribution < 1.29 is 9.90 Å². The molecular weight excluding hydrogens is 166 g/mol. The molecule has 0 saturated heterocycles. The molecule has 0 aromatic rings. The van der Waals surface area contributed by atoms with Gasteiger partial charge in [0.15, 0.2) is 0 Å². The van der Waals surface area contributed by atoms with E-state index in [4.69, 9.17) is 5.11 Å². The Morgan fingerprint density at radius 2 is 2.23 bits per heavy atom. The van der Waals surface area contributed by atoms with Crippen molar-refractivity contribution in [2.45, 2.75) is 38.6 Å². The van der Waals surface area contributed by atoms with Crippen LogP contribution in [0.25, 0.3) is 0 Å². The van der Waals surface area contributed by atoms with E-state index in [9.17, 15) is 4.79 Å². The first-order chi connectivity index (χ1) is 6.16. The molecule has 1 aliphatic rings. The normalized spacial score (nSPS) is 28.2. The molecular formula is C10H19NO2. The van der Waals surface area contributed by atoms with Gasteiger partial charge >= 0.3 is 5.97 Å². The maximum Gasteiger partial charge on any atom is 0.308 e. The molecule has 1 aliphatic carbocycles. The van der Waals surface area contributed by atoms with Crippen molar-refractivity contribution >= 4 is 5.97 Å². The number of hydrogen-bond acceptors (Lipinski definition) is 2. The average molecular weight is 185 g/mol. The smallest absolute Gasteiger partial charge is 0.308 e. The van der Waals surface area contributed by atoms with Gasteiger partial charge in [-0.3, -0.25) is 4.79 Å². The van der Waals surface area contributed by atoms with Crippen LogP contribution in [0.15, 0.2) is 0 Å². The number of rotatable bonds is 4. The van der Waals surface area contributed by atoms with E-state index in [0.29, 0.717) is 0 Å². The first-order valence-corrected chi connectivity index (χ1v) is 5.09. The molecule has 1 N–H and O–H groups in total. The second-order valence-electron chi connectivity index (χ2n) is 3.92. The van der Waals surface area contributed by atoms with E-state index in [1.807, 2.05) is 7.05 Å². The Kier molecular flexibility index (Phi) is 3.72. The highest BCUT2D eigenvalue weighted by Crippen LogP contribution is 2.29. The van der Waals surface area contributed by atoms with Gasteiger partial charge in [-0.15, -0.1) is 0 Å². The molecule has 3 heteroatoms. The second kappa shape index (κ2) is 4.61. The number of carboxylic acid groups (broad SMARTS) is 1. The predicted molar refractivity (Wildman–Crippen MR) is 51.7 cm³/mol. The molecule has 1 fully saturated rings. The van der Waals surface area contributed by atoms with Crippen molar-refractivity contribution in [3.05, 3.63) is 0 Å². The molecule has 0 amide bonds. The fourth-order valence-corrected chi connectivity index (χ4v) is 2.27. The lowest BCUT2D eigenvalue weighted by atomic mass is 10.0. The number of aliphatic carboxylic acids is 1. The van der Waals surface area contributed by atoms with Crippen LogP contribution >= 0.6 is 0 Å². The van der Waals surface area contributed by atoms with Crippen molar-refractivity contribution in [3.8, 4) is 0 Å². The Bertz CT molecular complexity index is 182. The molecule has 0 spiro atoms. The first-order valence-electron chi connectivity index (χ1n) is 5.09. The van der Waals surface area contributed by atoms with Gasteiger partial charge in [-0.2, -0.15) is 0 Å². The van der Waals surface area contributed by atoms with Crippen molar-refractivity contribution in [2.24, 2.45) is 5.92 Å². The standard InChI is InChI=1S/C10H19NO2/c1-3-7-11(2)9-6-4-5-8(9)10(12)13/h8-9H,3-7H2,1-2H3,(H,12,13). The molecule has 0 radical (unpaired) electrons. The zero-order chi connectivity index (χ0) is 9.84. The van der Waals surface area contributed by atoms with Crippen LogP contribution in [0.5, 0.6) is 0 Å². The van der Waals surface area contributed by atoms with Gasteiger partial charge in [-0.1, -0.05) is 13.3 Å². The van der Waals surface area contributed by atoms with E-state index in [1.54, 1.807) is 0 Å². The molecule has 76 valence electrons. The van der Waals surface area contributed by atoms with Crippen LogP contribution in [0.1, 0.15) is 32.6 Å². The Balaban J connectivity index is 2.52. The quantitative estimate of drug-likeness (QED) is 0.723. The third-order valence-electron chi connectivity index (χ3n) is 2.94. The molecule has 0 bridgehead atoms. The van der Waals surface area contributed by atoms with Crippen molar-refractivity contribution in [1.29, 1.82) is 0 Å². The lowest BCUT2D eigenvalue weighted by Crippen LogP contribution is -2.38. The minimum atomic E-state index is -0.620. The monoisotopic (exact) mass is 185 g/mol. The van der Waals surface area contributed by atoms with Crippen molar-refractivity contribution in [2.75, 3.05) is 13.6 Å². The molecule has 0 aromatic carbocycles. The Morgan fingerprint density at radius 1 is 1.54 bits per heavy atom. The van der Waals surface area contributed by atoms with E-state index in [2.05, 4.69) is 11.8 Å². The summed E-state index contributed by atoms with van der Waals surface area (Å²) in [4.78, 5) is 13.1. The minimum Gasteiger partial charge on any atom is -0.481 e. The first kappa shape index (κ1) is 10.5. The lowest BCUT2D eigenvalue weighted by Gasteiger charge is -2.26. The van der Waals surface area contributed by atoms with Crippen molar-refractivity contribution in [1.82, 2.24) is 4.90 Å². The number of nitrogens with zero attached hydrogens (tertiary/aromatic N) is 1. The van der Waals surface area contributed by atoms with E-state index in [0.717, 1.165) is 32.2 Å². The number of hydrogen-bond donors (Lipinski definition) is 1. The Labute approximate surface area is 79.7 Å². The SMILES string of the molecule is CCCN(C)C1CCCC1C(=O)O. The summed E-state index contributed by atoms with van der Waals surface area (Å²) in [5.41, 5.74) is 0. The van der Waals surface area contributed by atoms with Crippen LogP contribution in [0, 0.1) is 5.92 Å². The van der Waals surface area contributed by atoms with Gasteiger partial charge in [0.1, 0.15) is 0 Å². The highest BCUT2D eigenvalue weighted by molar-refractivity contribution is 5.71. The van der Waals surface area contributed by atoms with Gasteiger partial charge < -0.3 is 10.0 Å². The maximum atomic E-state index is 10.9. The van der Waals surface area contributed by atoms with Gasteiger partial charge in [-0.05, 0) is 32.9 Å². The summed E-state index contributed by atoms with van der Waals surface area (Å²) in [5.74, 6) is -0.748. The van der Waals surface area contributed by atoms with Crippen LogP contribution < -0.4 is 0 Å². The number of carbonyl (C=O) groups is 1. The van der Waals surface area contributed by atoms with E-state index in [-0.39, 0.29) is 12.0 Å². The zero-order valence-electron chi connectivity index (χ0n) is 8.49. The summed E-state index contributed by atoms with van der Waals surface area (Å²) in [7, 11) is 2.04. The molecule has 1 rings (SSSR count).